The number of carboxylic acid groups (broad SMARTS) is 1. The van der Waals surface area contributed by atoms with Crippen LogP contribution in [0.5, 0.6) is 0 Å². The normalized spacial score (nSPS) is 24.2. The van der Waals surface area contributed by atoms with E-state index in [1.807, 2.05) is 0 Å². The largest absolute Gasteiger partial charge is 0.478 e. The van der Waals surface area contributed by atoms with Crippen LogP contribution in [0.4, 0.5) is 0 Å². The predicted molar refractivity (Wildman–Crippen MR) is 43.3 cm³/mol. The number of hydrogen-bond acceptors (Lipinski definition) is 1. The van der Waals surface area contributed by atoms with E-state index >= 15 is 0 Å². The van der Waals surface area contributed by atoms with Gasteiger partial charge in [0.15, 0.2) is 0 Å². The molecule has 0 aliphatic heterocycles. The van der Waals surface area contributed by atoms with Crippen molar-refractivity contribution >= 4 is 5.97 Å². The molecule has 0 fully saturated rings. The van der Waals surface area contributed by atoms with Crippen LogP contribution in [0.3, 0.4) is 0 Å². The van der Waals surface area contributed by atoms with Gasteiger partial charge in [0.1, 0.15) is 0 Å². The molecule has 1 aliphatic rings. The first-order chi connectivity index (χ1) is 5.29. The van der Waals surface area contributed by atoms with Crippen LogP contribution >= 0.6 is 0 Å². The lowest BCUT2D eigenvalue weighted by molar-refractivity contribution is -0.131. The highest BCUT2D eigenvalue weighted by Crippen LogP contribution is 2.17. The molecular formula is C9H12O2. The first-order valence-electron chi connectivity index (χ1n) is 3.87. The van der Waals surface area contributed by atoms with E-state index in [1.54, 1.807) is 6.08 Å². The van der Waals surface area contributed by atoms with Crippen LogP contribution in [0.15, 0.2) is 24.3 Å². The summed E-state index contributed by atoms with van der Waals surface area (Å²) < 4.78 is 0. The molecule has 1 atom stereocenters. The van der Waals surface area contributed by atoms with Gasteiger partial charge in [-0.05, 0) is 25.2 Å². The number of rotatable bonds is 2. The molecule has 0 aromatic rings. The lowest BCUT2D eigenvalue weighted by atomic mass is 9.96. The van der Waals surface area contributed by atoms with Gasteiger partial charge in [0.2, 0.25) is 0 Å². The maximum Gasteiger partial charge on any atom is 0.327 e. The van der Waals surface area contributed by atoms with Gasteiger partial charge in [-0.15, -0.1) is 0 Å². The molecule has 0 radical (unpaired) electrons. The summed E-state index contributed by atoms with van der Waals surface area (Å²) in [6.07, 6.45) is 10.5. The summed E-state index contributed by atoms with van der Waals surface area (Å²) in [5.74, 6) is -0.510. The lowest BCUT2D eigenvalue weighted by Gasteiger charge is -2.10. The maximum atomic E-state index is 10.1. The zero-order valence-corrected chi connectivity index (χ0v) is 6.36. The van der Waals surface area contributed by atoms with Crippen molar-refractivity contribution in [2.45, 2.75) is 19.3 Å². The molecule has 1 N–H and O–H groups in total. The van der Waals surface area contributed by atoms with E-state index in [2.05, 4.69) is 12.2 Å². The van der Waals surface area contributed by atoms with Crippen LogP contribution in [0.1, 0.15) is 19.3 Å². The van der Waals surface area contributed by atoms with E-state index in [9.17, 15) is 4.79 Å². The second-order valence-electron chi connectivity index (χ2n) is 2.72. The Hall–Kier alpha value is -1.05. The first-order valence-corrected chi connectivity index (χ1v) is 3.87. The van der Waals surface area contributed by atoms with E-state index in [-0.39, 0.29) is 0 Å². The van der Waals surface area contributed by atoms with Crippen molar-refractivity contribution in [1.29, 1.82) is 0 Å². The fourth-order valence-electron chi connectivity index (χ4n) is 1.20. The molecular weight excluding hydrogens is 140 g/mol. The molecule has 0 saturated heterocycles. The van der Waals surface area contributed by atoms with Crippen LogP contribution in [0, 0.1) is 5.92 Å². The second-order valence-corrected chi connectivity index (χ2v) is 2.72. The zero-order chi connectivity index (χ0) is 8.10. The predicted octanol–water partition coefficient (Wildman–Crippen LogP) is 1.98. The van der Waals surface area contributed by atoms with Gasteiger partial charge >= 0.3 is 5.97 Å². The molecule has 2 nitrogen and oxygen atoms in total. The second kappa shape index (κ2) is 3.96. The number of aliphatic carboxylic acids is 1. The van der Waals surface area contributed by atoms with Crippen LogP contribution < -0.4 is 0 Å². The van der Waals surface area contributed by atoms with Crippen LogP contribution in [-0.4, -0.2) is 11.1 Å². The Morgan fingerprint density at radius 2 is 2.45 bits per heavy atom. The number of hydrogen-bond donors (Lipinski definition) is 1. The van der Waals surface area contributed by atoms with Gasteiger partial charge in [0.05, 0.1) is 0 Å². The minimum Gasteiger partial charge on any atom is -0.478 e. The smallest absolute Gasteiger partial charge is 0.327 e. The summed E-state index contributed by atoms with van der Waals surface area (Å²) in [7, 11) is 0. The van der Waals surface area contributed by atoms with Crippen LogP contribution in [0.2, 0.25) is 0 Å². The van der Waals surface area contributed by atoms with Crippen molar-refractivity contribution in [1.82, 2.24) is 0 Å². The average molecular weight is 152 g/mol. The fraction of sp³-hybridized carbons (Fsp3) is 0.444. The highest BCUT2D eigenvalue weighted by atomic mass is 16.4. The highest BCUT2D eigenvalue weighted by molar-refractivity contribution is 5.79. The average Bonchev–Trinajstić information content (AvgIpc) is 2.03. The van der Waals surface area contributed by atoms with E-state index in [4.69, 9.17) is 5.11 Å². The molecule has 1 aliphatic carbocycles. The summed E-state index contributed by atoms with van der Waals surface area (Å²) in [6, 6.07) is 0. The van der Waals surface area contributed by atoms with E-state index in [0.29, 0.717) is 5.92 Å². The first kappa shape index (κ1) is 8.05. The third-order valence-electron chi connectivity index (χ3n) is 1.78. The molecule has 0 aromatic heterocycles. The van der Waals surface area contributed by atoms with E-state index < -0.39 is 5.97 Å². The van der Waals surface area contributed by atoms with Gasteiger partial charge in [-0.25, -0.2) is 4.79 Å². The summed E-state index contributed by atoms with van der Waals surface area (Å²) in [5.41, 5.74) is 0. The Bertz CT molecular complexity index is 192. The van der Waals surface area contributed by atoms with Crippen molar-refractivity contribution in [2.75, 3.05) is 0 Å². The molecule has 1 unspecified atom stereocenters. The van der Waals surface area contributed by atoms with Gasteiger partial charge < -0.3 is 5.11 Å². The van der Waals surface area contributed by atoms with Gasteiger partial charge in [-0.2, -0.15) is 0 Å². The monoisotopic (exact) mass is 152 g/mol. The van der Waals surface area contributed by atoms with Crippen LogP contribution in [0.25, 0.3) is 0 Å². The SMILES string of the molecule is O=C(O)/C=C/C1C=CCCC1. The van der Waals surface area contributed by atoms with Gasteiger partial charge in [-0.3, -0.25) is 0 Å². The van der Waals surface area contributed by atoms with Gasteiger partial charge in [0.25, 0.3) is 0 Å². The molecule has 0 heterocycles. The molecule has 0 spiro atoms. The van der Waals surface area contributed by atoms with Crippen molar-refractivity contribution in [2.24, 2.45) is 5.92 Å². The lowest BCUT2D eigenvalue weighted by Crippen LogP contribution is -1.98. The van der Waals surface area contributed by atoms with Gasteiger partial charge in [0, 0.05) is 6.08 Å². The zero-order valence-electron chi connectivity index (χ0n) is 6.36. The Morgan fingerprint density at radius 3 is 3.00 bits per heavy atom. The molecule has 0 aromatic carbocycles. The summed E-state index contributed by atoms with van der Waals surface area (Å²) >= 11 is 0. The van der Waals surface area contributed by atoms with Crippen molar-refractivity contribution in [3.8, 4) is 0 Å². The number of carboxylic acids is 1. The van der Waals surface area contributed by atoms with E-state index in [1.165, 1.54) is 12.5 Å². The molecule has 11 heavy (non-hydrogen) atoms. The molecule has 0 saturated carbocycles. The Morgan fingerprint density at radius 1 is 1.64 bits per heavy atom. The number of allylic oxidation sites excluding steroid dienone is 3. The van der Waals surface area contributed by atoms with Crippen molar-refractivity contribution < 1.29 is 9.90 Å². The Balaban J connectivity index is 2.41. The van der Waals surface area contributed by atoms with Crippen LogP contribution in [-0.2, 0) is 4.79 Å². The molecule has 0 bridgehead atoms. The minimum atomic E-state index is -0.857. The maximum absolute atomic E-state index is 10.1. The summed E-state index contributed by atoms with van der Waals surface area (Å²) in [4.78, 5) is 10.1. The molecule has 1 rings (SSSR count). The quantitative estimate of drug-likeness (QED) is 0.485. The molecule has 0 amide bonds. The highest BCUT2D eigenvalue weighted by Gasteiger charge is 2.03. The fourth-order valence-corrected chi connectivity index (χ4v) is 1.20. The number of carbonyl (C=O) groups is 1. The van der Waals surface area contributed by atoms with Crippen molar-refractivity contribution in [3.05, 3.63) is 24.3 Å². The van der Waals surface area contributed by atoms with Gasteiger partial charge in [-0.1, -0.05) is 18.2 Å². The molecule has 60 valence electrons. The van der Waals surface area contributed by atoms with Crippen molar-refractivity contribution in [3.63, 3.8) is 0 Å². The Labute approximate surface area is 66.2 Å². The Kier molecular flexibility index (Phi) is 2.90. The third kappa shape index (κ3) is 3.03. The summed E-state index contributed by atoms with van der Waals surface area (Å²) in [5, 5.41) is 8.33. The standard InChI is InChI=1S/C9H12O2/c10-9(11)7-6-8-4-2-1-3-5-8/h2,4,6-8H,1,3,5H2,(H,10,11)/b7-6+. The van der Waals surface area contributed by atoms with E-state index in [0.717, 1.165) is 12.8 Å². The third-order valence-corrected chi connectivity index (χ3v) is 1.78. The minimum absolute atomic E-state index is 0.347. The molecule has 2 heteroatoms. The topological polar surface area (TPSA) is 37.3 Å². The summed E-state index contributed by atoms with van der Waals surface area (Å²) in [6.45, 7) is 0.